The van der Waals surface area contributed by atoms with Gasteiger partial charge in [-0.2, -0.15) is 0 Å². The summed E-state index contributed by atoms with van der Waals surface area (Å²) in [5.74, 6) is -0.764. The monoisotopic (exact) mass is 291 g/mol. The predicted octanol–water partition coefficient (Wildman–Crippen LogP) is 3.42. The van der Waals surface area contributed by atoms with Gasteiger partial charge in [-0.05, 0) is 37.8 Å². The molecule has 0 fully saturated rings. The molecule has 0 saturated carbocycles. The molecule has 0 saturated heterocycles. The highest BCUT2D eigenvalue weighted by molar-refractivity contribution is 6.05. The molecule has 0 aliphatic rings. The first-order valence-electron chi connectivity index (χ1n) is 7.06. The maximum Gasteiger partial charge on any atom is 0.338 e. The smallest absolute Gasteiger partial charge is 0.338 e. The van der Waals surface area contributed by atoms with Crippen LogP contribution in [0.15, 0.2) is 24.3 Å². The van der Waals surface area contributed by atoms with Crippen LogP contribution in [0.2, 0.25) is 0 Å². The predicted molar refractivity (Wildman–Crippen MR) is 83.4 cm³/mol. The van der Waals surface area contributed by atoms with Crippen LogP contribution >= 0.6 is 0 Å². The molecule has 0 radical (unpaired) electrons. The molecule has 21 heavy (non-hydrogen) atoms. The molecule has 4 nitrogen and oxygen atoms in total. The van der Waals surface area contributed by atoms with Gasteiger partial charge >= 0.3 is 5.97 Å². The van der Waals surface area contributed by atoms with Crippen molar-refractivity contribution in [3.05, 3.63) is 35.4 Å². The molecule has 0 spiro atoms. The van der Waals surface area contributed by atoms with Crippen molar-refractivity contribution in [3.63, 3.8) is 0 Å². The Hall–Kier alpha value is -1.84. The molecule has 0 aliphatic heterocycles. The maximum atomic E-state index is 12.5. The summed E-state index contributed by atoms with van der Waals surface area (Å²) in [6.45, 7) is 10.4. The van der Waals surface area contributed by atoms with Crippen LogP contribution in [0.1, 0.15) is 61.8 Å². The molecular weight excluding hydrogens is 266 g/mol. The number of nitrogens with one attached hydrogen (secondary N) is 1. The van der Waals surface area contributed by atoms with Crippen molar-refractivity contribution in [1.29, 1.82) is 0 Å². The zero-order valence-corrected chi connectivity index (χ0v) is 13.7. The summed E-state index contributed by atoms with van der Waals surface area (Å²) in [6, 6.07) is 6.67. The van der Waals surface area contributed by atoms with Gasteiger partial charge in [-0.25, -0.2) is 4.79 Å². The van der Waals surface area contributed by atoms with Gasteiger partial charge in [-0.15, -0.1) is 0 Å². The van der Waals surface area contributed by atoms with Crippen molar-refractivity contribution in [3.8, 4) is 0 Å². The molecule has 0 heterocycles. The van der Waals surface area contributed by atoms with Gasteiger partial charge < -0.3 is 10.1 Å². The average molecular weight is 291 g/mol. The maximum absolute atomic E-state index is 12.5. The molecule has 0 unspecified atom stereocenters. The lowest BCUT2D eigenvalue weighted by molar-refractivity contribution is 0.0595. The summed E-state index contributed by atoms with van der Waals surface area (Å²) in [5, 5.41) is 3.00. The molecule has 1 amide bonds. The van der Waals surface area contributed by atoms with Crippen molar-refractivity contribution in [2.75, 3.05) is 7.11 Å². The lowest BCUT2D eigenvalue weighted by Crippen LogP contribution is -2.46. The van der Waals surface area contributed by atoms with E-state index in [4.69, 9.17) is 4.74 Å². The van der Waals surface area contributed by atoms with Crippen LogP contribution < -0.4 is 5.32 Å². The molecule has 0 aliphatic carbocycles. The third-order valence-corrected chi connectivity index (χ3v) is 3.00. The van der Waals surface area contributed by atoms with Crippen LogP contribution in [0.5, 0.6) is 0 Å². The van der Waals surface area contributed by atoms with E-state index in [1.54, 1.807) is 24.3 Å². The normalized spacial score (nSPS) is 11.9. The molecule has 0 aromatic heterocycles. The van der Waals surface area contributed by atoms with Crippen LogP contribution in [-0.2, 0) is 4.74 Å². The lowest BCUT2D eigenvalue weighted by atomic mass is 9.81. The van der Waals surface area contributed by atoms with E-state index in [2.05, 4.69) is 26.1 Å². The second kappa shape index (κ2) is 6.29. The Morgan fingerprint density at radius 3 is 2.05 bits per heavy atom. The topological polar surface area (TPSA) is 55.4 Å². The van der Waals surface area contributed by atoms with Crippen LogP contribution in [0.3, 0.4) is 0 Å². The van der Waals surface area contributed by atoms with Crippen LogP contribution in [0.25, 0.3) is 0 Å². The van der Waals surface area contributed by atoms with Crippen LogP contribution in [0, 0.1) is 5.41 Å². The number of rotatable bonds is 4. The number of ether oxygens (including phenoxy) is 1. The molecule has 4 heteroatoms. The highest BCUT2D eigenvalue weighted by atomic mass is 16.5. The Morgan fingerprint density at radius 1 is 1.05 bits per heavy atom. The quantitative estimate of drug-likeness (QED) is 0.865. The minimum absolute atomic E-state index is 0.0959. The molecule has 1 aromatic carbocycles. The highest BCUT2D eigenvalue weighted by Crippen LogP contribution is 2.27. The van der Waals surface area contributed by atoms with E-state index in [9.17, 15) is 9.59 Å². The zero-order chi connectivity index (χ0) is 16.3. The number of benzene rings is 1. The van der Waals surface area contributed by atoms with Crippen molar-refractivity contribution in [2.45, 2.75) is 46.6 Å². The SMILES string of the molecule is COC(=O)c1ccccc1C(=O)NC(C)(C)CC(C)(C)C. The van der Waals surface area contributed by atoms with E-state index in [1.165, 1.54) is 7.11 Å². The minimum atomic E-state index is -0.505. The number of hydrogen-bond acceptors (Lipinski definition) is 3. The Labute approximate surface area is 126 Å². The Kier molecular flexibility index (Phi) is 5.15. The average Bonchev–Trinajstić information content (AvgIpc) is 2.34. The molecular formula is C17H25NO3. The second-order valence-corrected chi connectivity index (χ2v) is 7.11. The fourth-order valence-electron chi connectivity index (χ4n) is 2.71. The van der Waals surface area contributed by atoms with E-state index in [1.807, 2.05) is 13.8 Å². The van der Waals surface area contributed by atoms with Gasteiger partial charge in [0.1, 0.15) is 0 Å². The van der Waals surface area contributed by atoms with Gasteiger partial charge in [0.2, 0.25) is 0 Å². The summed E-state index contributed by atoms with van der Waals surface area (Å²) in [7, 11) is 1.31. The van der Waals surface area contributed by atoms with E-state index in [0.717, 1.165) is 6.42 Å². The Morgan fingerprint density at radius 2 is 1.57 bits per heavy atom. The fraction of sp³-hybridized carbons (Fsp3) is 0.529. The number of methoxy groups -OCH3 is 1. The number of hydrogen-bond donors (Lipinski definition) is 1. The highest BCUT2D eigenvalue weighted by Gasteiger charge is 2.28. The van der Waals surface area contributed by atoms with Gasteiger partial charge in [0.05, 0.1) is 18.2 Å². The summed E-state index contributed by atoms with van der Waals surface area (Å²) in [6.07, 6.45) is 0.826. The summed E-state index contributed by atoms with van der Waals surface area (Å²) in [4.78, 5) is 24.2. The van der Waals surface area contributed by atoms with Crippen LogP contribution in [0.4, 0.5) is 0 Å². The molecule has 116 valence electrons. The number of amides is 1. The molecule has 0 bridgehead atoms. The first-order valence-corrected chi connectivity index (χ1v) is 7.06. The number of carbonyl (C=O) groups is 2. The van der Waals surface area contributed by atoms with E-state index in [0.29, 0.717) is 5.56 Å². The Bertz CT molecular complexity index is 527. The number of esters is 1. The molecule has 1 aromatic rings. The molecule has 0 atom stereocenters. The standard InChI is InChI=1S/C17H25NO3/c1-16(2,3)11-17(4,5)18-14(19)12-9-7-8-10-13(12)15(20)21-6/h7-10H,11H2,1-6H3,(H,18,19). The fourth-order valence-corrected chi connectivity index (χ4v) is 2.71. The number of carbonyl (C=O) groups excluding carboxylic acids is 2. The first-order chi connectivity index (χ1) is 9.56. The van der Waals surface area contributed by atoms with Gasteiger partial charge in [0, 0.05) is 5.54 Å². The van der Waals surface area contributed by atoms with Gasteiger partial charge in [-0.3, -0.25) is 4.79 Å². The molecule has 1 N–H and O–H groups in total. The van der Waals surface area contributed by atoms with E-state index in [-0.39, 0.29) is 22.4 Å². The molecule has 1 rings (SSSR count). The van der Waals surface area contributed by atoms with Crippen molar-refractivity contribution >= 4 is 11.9 Å². The zero-order valence-electron chi connectivity index (χ0n) is 13.7. The largest absolute Gasteiger partial charge is 0.465 e. The second-order valence-electron chi connectivity index (χ2n) is 7.11. The van der Waals surface area contributed by atoms with Crippen molar-refractivity contribution < 1.29 is 14.3 Å². The van der Waals surface area contributed by atoms with Gasteiger partial charge in [-0.1, -0.05) is 32.9 Å². The minimum Gasteiger partial charge on any atom is -0.465 e. The first kappa shape index (κ1) is 17.2. The summed E-state index contributed by atoms with van der Waals surface area (Å²) < 4.78 is 4.72. The van der Waals surface area contributed by atoms with Crippen molar-refractivity contribution in [1.82, 2.24) is 5.32 Å². The third-order valence-electron chi connectivity index (χ3n) is 3.00. The Balaban J connectivity index is 2.97. The van der Waals surface area contributed by atoms with Gasteiger partial charge in [0.25, 0.3) is 5.91 Å². The summed E-state index contributed by atoms with van der Waals surface area (Å²) >= 11 is 0. The van der Waals surface area contributed by atoms with Crippen LogP contribution in [-0.4, -0.2) is 24.5 Å². The third kappa shape index (κ3) is 5.21. The van der Waals surface area contributed by atoms with E-state index >= 15 is 0 Å². The lowest BCUT2D eigenvalue weighted by Gasteiger charge is -2.33. The van der Waals surface area contributed by atoms with Gasteiger partial charge in [0.15, 0.2) is 0 Å². The van der Waals surface area contributed by atoms with Crippen molar-refractivity contribution in [2.24, 2.45) is 5.41 Å². The van der Waals surface area contributed by atoms with E-state index < -0.39 is 5.97 Å². The summed E-state index contributed by atoms with van der Waals surface area (Å²) in [5.41, 5.74) is 0.354.